The highest BCUT2D eigenvalue weighted by Gasteiger charge is 2.27. The average molecular weight is 410 g/mol. The van der Waals surface area contributed by atoms with Crippen molar-refractivity contribution >= 4 is 21.4 Å². The fourth-order valence-corrected chi connectivity index (χ4v) is 5.31. The van der Waals surface area contributed by atoms with Gasteiger partial charge < -0.3 is 9.64 Å². The quantitative estimate of drug-likeness (QED) is 0.761. The number of hydrogen-bond acceptors (Lipinski definition) is 6. The molecule has 0 unspecified atom stereocenters. The first-order valence-electron chi connectivity index (χ1n) is 8.99. The summed E-state index contributed by atoms with van der Waals surface area (Å²) < 4.78 is 34.0. The van der Waals surface area contributed by atoms with E-state index in [1.807, 2.05) is 18.4 Å². The number of aryl methyl sites for hydroxylation is 1. The van der Waals surface area contributed by atoms with Gasteiger partial charge in [0.15, 0.2) is 0 Å². The van der Waals surface area contributed by atoms with Crippen molar-refractivity contribution in [1.82, 2.24) is 14.5 Å². The van der Waals surface area contributed by atoms with E-state index in [1.54, 1.807) is 23.5 Å². The van der Waals surface area contributed by atoms with Gasteiger partial charge in [0.2, 0.25) is 10.0 Å². The number of rotatable bonds is 7. The van der Waals surface area contributed by atoms with Crippen LogP contribution in [0.2, 0.25) is 0 Å². The molecule has 8 heteroatoms. The highest BCUT2D eigenvalue weighted by atomic mass is 32.2. The number of ether oxygens (including phenoxy) is 1. The molecule has 2 heterocycles. The van der Waals surface area contributed by atoms with Crippen molar-refractivity contribution in [1.29, 1.82) is 0 Å². The summed E-state index contributed by atoms with van der Waals surface area (Å²) in [5.41, 5.74) is 2.04. The van der Waals surface area contributed by atoms with Gasteiger partial charge in [0, 0.05) is 38.8 Å². The second-order valence-corrected chi connectivity index (χ2v) is 9.43. The monoisotopic (exact) mass is 409 g/mol. The zero-order valence-corrected chi connectivity index (χ0v) is 17.6. The van der Waals surface area contributed by atoms with Crippen molar-refractivity contribution in [3.05, 3.63) is 46.2 Å². The molecule has 0 spiro atoms. The number of sulfonamides is 1. The van der Waals surface area contributed by atoms with Gasteiger partial charge in [-0.1, -0.05) is 6.07 Å². The van der Waals surface area contributed by atoms with E-state index < -0.39 is 10.0 Å². The van der Waals surface area contributed by atoms with E-state index in [0.29, 0.717) is 12.3 Å². The maximum atomic E-state index is 13.0. The van der Waals surface area contributed by atoms with E-state index in [2.05, 4.69) is 33.0 Å². The van der Waals surface area contributed by atoms with E-state index in [1.165, 1.54) is 7.11 Å². The van der Waals surface area contributed by atoms with Gasteiger partial charge in [-0.15, -0.1) is 0 Å². The molecule has 27 heavy (non-hydrogen) atoms. The maximum absolute atomic E-state index is 13.0. The number of nitrogens with zero attached hydrogens (tertiary/aromatic N) is 2. The lowest BCUT2D eigenvalue weighted by molar-refractivity contribution is 0.113. The van der Waals surface area contributed by atoms with Gasteiger partial charge in [-0.05, 0) is 54.1 Å². The van der Waals surface area contributed by atoms with Crippen LogP contribution in [0.5, 0.6) is 5.75 Å². The summed E-state index contributed by atoms with van der Waals surface area (Å²) >= 11 is 1.64. The Morgan fingerprint density at radius 1 is 1.22 bits per heavy atom. The van der Waals surface area contributed by atoms with Gasteiger partial charge in [-0.25, -0.2) is 13.1 Å². The molecule has 148 valence electrons. The summed E-state index contributed by atoms with van der Waals surface area (Å²) in [5.74, 6) is 0.361. The van der Waals surface area contributed by atoms with Crippen LogP contribution in [0.4, 0.5) is 0 Å². The first kappa shape index (κ1) is 20.3. The molecule has 0 amide bonds. The van der Waals surface area contributed by atoms with E-state index in [9.17, 15) is 8.42 Å². The maximum Gasteiger partial charge on any atom is 0.244 e. The molecule has 0 radical (unpaired) electrons. The minimum Gasteiger partial charge on any atom is -0.495 e. The number of thiophene rings is 1. The lowest BCUT2D eigenvalue weighted by Gasteiger charge is -2.38. The predicted molar refractivity (Wildman–Crippen MR) is 109 cm³/mol. The van der Waals surface area contributed by atoms with Crippen molar-refractivity contribution in [3.8, 4) is 5.75 Å². The third kappa shape index (κ3) is 4.89. The minimum atomic E-state index is -3.67. The predicted octanol–water partition coefficient (Wildman–Crippen LogP) is 2.33. The standard InChI is InChI=1S/C19H27N3O3S2/c1-15-4-5-18(25-3)19(12-15)27(23,24)20-13-17(16-6-11-26-14-16)22-9-7-21(2)8-10-22/h4-6,11-12,14,17,20H,7-10,13H2,1-3H3/t17-/m0/s1. The van der Waals surface area contributed by atoms with Crippen LogP contribution in [0, 0.1) is 6.92 Å². The van der Waals surface area contributed by atoms with Crippen molar-refractivity contribution in [3.63, 3.8) is 0 Å². The smallest absolute Gasteiger partial charge is 0.244 e. The highest BCUT2D eigenvalue weighted by Crippen LogP contribution is 2.27. The molecule has 6 nitrogen and oxygen atoms in total. The Labute approximate surface area is 165 Å². The number of likely N-dealkylation sites (N-methyl/N-ethyl adjacent to an activating group) is 1. The Bertz CT molecular complexity index is 845. The largest absolute Gasteiger partial charge is 0.495 e. The number of nitrogens with one attached hydrogen (secondary N) is 1. The Morgan fingerprint density at radius 2 is 1.96 bits per heavy atom. The molecule has 1 aliphatic heterocycles. The molecule has 1 fully saturated rings. The SMILES string of the molecule is COc1ccc(C)cc1S(=O)(=O)NC[C@@H](c1ccsc1)N1CCN(C)CC1. The summed E-state index contributed by atoms with van der Waals surface area (Å²) in [6, 6.07) is 7.29. The molecule has 1 atom stereocenters. The van der Waals surface area contributed by atoms with E-state index in [0.717, 1.165) is 37.3 Å². The average Bonchev–Trinajstić information content (AvgIpc) is 3.17. The molecule has 0 saturated carbocycles. The Kier molecular flexibility index (Phi) is 6.54. The van der Waals surface area contributed by atoms with Crippen molar-refractivity contribution < 1.29 is 13.2 Å². The molecule has 2 aromatic rings. The number of piperazine rings is 1. The fraction of sp³-hybridized carbons (Fsp3) is 0.474. The normalized spacial score (nSPS) is 17.7. The zero-order chi connectivity index (χ0) is 19.4. The van der Waals surface area contributed by atoms with Crippen molar-refractivity contribution in [2.45, 2.75) is 17.9 Å². The van der Waals surface area contributed by atoms with Gasteiger partial charge in [-0.2, -0.15) is 11.3 Å². The summed E-state index contributed by atoms with van der Waals surface area (Å²) in [7, 11) is -0.0669. The summed E-state index contributed by atoms with van der Waals surface area (Å²) in [6.45, 7) is 6.02. The van der Waals surface area contributed by atoms with Gasteiger partial charge >= 0.3 is 0 Å². The van der Waals surface area contributed by atoms with Crippen molar-refractivity contribution in [2.75, 3.05) is 46.9 Å². The minimum absolute atomic E-state index is 0.0236. The molecule has 1 N–H and O–H groups in total. The summed E-state index contributed by atoms with van der Waals surface area (Å²) in [5, 5.41) is 4.14. The van der Waals surface area contributed by atoms with E-state index in [4.69, 9.17) is 4.74 Å². The lowest BCUT2D eigenvalue weighted by Crippen LogP contribution is -2.48. The van der Waals surface area contributed by atoms with Crippen LogP contribution in [0.25, 0.3) is 0 Å². The third-order valence-corrected chi connectivity index (χ3v) is 7.13. The molecule has 1 saturated heterocycles. The van der Waals surface area contributed by atoms with Crippen LogP contribution in [0.1, 0.15) is 17.2 Å². The molecule has 1 aromatic heterocycles. The topological polar surface area (TPSA) is 61.9 Å². The van der Waals surface area contributed by atoms with E-state index >= 15 is 0 Å². The third-order valence-electron chi connectivity index (χ3n) is 4.98. The Morgan fingerprint density at radius 3 is 2.59 bits per heavy atom. The Hall–Kier alpha value is -1.45. The molecule has 0 aliphatic carbocycles. The summed E-state index contributed by atoms with van der Waals surface area (Å²) in [6.07, 6.45) is 0. The fourth-order valence-electron chi connectivity index (χ4n) is 3.32. The highest BCUT2D eigenvalue weighted by molar-refractivity contribution is 7.89. The number of methoxy groups -OCH3 is 1. The van der Waals surface area contributed by atoms with Crippen LogP contribution >= 0.6 is 11.3 Å². The van der Waals surface area contributed by atoms with Gasteiger partial charge in [-0.3, -0.25) is 4.90 Å². The molecule has 1 aliphatic rings. The second kappa shape index (κ2) is 8.70. The Balaban J connectivity index is 1.80. The lowest BCUT2D eigenvalue weighted by atomic mass is 10.1. The molecule has 3 rings (SSSR count). The van der Waals surface area contributed by atoms with E-state index in [-0.39, 0.29) is 10.9 Å². The second-order valence-electron chi connectivity index (χ2n) is 6.92. The van der Waals surface area contributed by atoms with Crippen LogP contribution in [-0.2, 0) is 10.0 Å². The molecule has 1 aromatic carbocycles. The van der Waals surface area contributed by atoms with Crippen molar-refractivity contribution in [2.24, 2.45) is 0 Å². The van der Waals surface area contributed by atoms with Crippen LogP contribution in [-0.4, -0.2) is 65.1 Å². The summed E-state index contributed by atoms with van der Waals surface area (Å²) in [4.78, 5) is 4.84. The first-order chi connectivity index (χ1) is 12.9. The van der Waals surface area contributed by atoms with Crippen LogP contribution in [0.3, 0.4) is 0 Å². The zero-order valence-electron chi connectivity index (χ0n) is 16.0. The first-order valence-corrected chi connectivity index (χ1v) is 11.4. The number of benzene rings is 1. The number of hydrogen-bond donors (Lipinski definition) is 1. The molecular weight excluding hydrogens is 382 g/mol. The molecule has 0 bridgehead atoms. The van der Waals surface area contributed by atoms with Gasteiger partial charge in [0.25, 0.3) is 0 Å². The van der Waals surface area contributed by atoms with Crippen LogP contribution < -0.4 is 9.46 Å². The molecular formula is C19H27N3O3S2. The van der Waals surface area contributed by atoms with Crippen LogP contribution in [0.15, 0.2) is 39.9 Å². The van der Waals surface area contributed by atoms with Gasteiger partial charge in [0.1, 0.15) is 10.6 Å². The van der Waals surface area contributed by atoms with Gasteiger partial charge in [0.05, 0.1) is 7.11 Å².